The molecule has 0 unspecified atom stereocenters. The Morgan fingerprint density at radius 1 is 0.955 bits per heavy atom. The average Bonchev–Trinajstić information content (AvgIpc) is 2.60. The summed E-state index contributed by atoms with van der Waals surface area (Å²) in [7, 11) is 3.18. The molecule has 1 aromatic heterocycles. The van der Waals surface area contributed by atoms with Crippen LogP contribution in [0.15, 0.2) is 48.5 Å². The first-order chi connectivity index (χ1) is 10.8. The molecule has 0 atom stereocenters. The van der Waals surface area contributed by atoms with Crippen LogP contribution in [0.25, 0.3) is 22.2 Å². The quantitative estimate of drug-likeness (QED) is 0.688. The summed E-state index contributed by atoms with van der Waals surface area (Å²) in [6.45, 7) is 0. The van der Waals surface area contributed by atoms with Crippen LogP contribution < -0.4 is 9.47 Å². The first-order valence-corrected chi connectivity index (χ1v) is 6.84. The zero-order valence-corrected chi connectivity index (χ0v) is 12.4. The summed E-state index contributed by atoms with van der Waals surface area (Å²) in [6.07, 6.45) is 0.855. The second kappa shape index (κ2) is 5.85. The summed E-state index contributed by atoms with van der Waals surface area (Å²) in [6, 6.07) is 15.0. The molecule has 0 N–H and O–H groups in total. The van der Waals surface area contributed by atoms with E-state index in [9.17, 15) is 4.79 Å². The van der Waals surface area contributed by atoms with Gasteiger partial charge in [0.1, 0.15) is 0 Å². The number of carbonyl (C=O) groups excluding carboxylic acids is 1. The highest BCUT2D eigenvalue weighted by Crippen LogP contribution is 2.32. The molecule has 0 saturated heterocycles. The van der Waals surface area contributed by atoms with E-state index in [1.807, 2.05) is 42.5 Å². The molecule has 0 radical (unpaired) electrons. The minimum absolute atomic E-state index is 0.621. The number of benzene rings is 2. The van der Waals surface area contributed by atoms with E-state index >= 15 is 0 Å². The fourth-order valence-electron chi connectivity index (χ4n) is 2.44. The summed E-state index contributed by atoms with van der Waals surface area (Å²) in [4.78, 5) is 16.0. The number of methoxy groups -OCH3 is 2. The lowest BCUT2D eigenvalue weighted by Gasteiger charge is -2.10. The Morgan fingerprint density at radius 3 is 2.45 bits per heavy atom. The van der Waals surface area contributed by atoms with Gasteiger partial charge >= 0.3 is 0 Å². The molecule has 0 aliphatic heterocycles. The maximum absolute atomic E-state index is 11.4. The Kier molecular flexibility index (Phi) is 3.74. The topological polar surface area (TPSA) is 48.4 Å². The van der Waals surface area contributed by atoms with Crippen LogP contribution in [0.3, 0.4) is 0 Å². The van der Waals surface area contributed by atoms with E-state index in [4.69, 9.17) is 9.47 Å². The Morgan fingerprint density at radius 2 is 1.73 bits per heavy atom. The van der Waals surface area contributed by atoms with E-state index in [2.05, 4.69) is 4.98 Å². The standard InChI is InChI=1S/C18H15NO3/c1-21-17-8-7-12(10-18(17)22-2)16-9-13(11-20)14-5-3-4-6-15(14)19-16/h3-11H,1-2H3. The maximum Gasteiger partial charge on any atom is 0.161 e. The minimum atomic E-state index is 0.621. The second-order valence-electron chi connectivity index (χ2n) is 4.80. The summed E-state index contributed by atoms with van der Waals surface area (Å²) in [5.41, 5.74) is 3.00. The molecule has 0 aliphatic carbocycles. The van der Waals surface area contributed by atoms with E-state index in [-0.39, 0.29) is 0 Å². The number of aldehydes is 1. The third-order valence-corrected chi connectivity index (χ3v) is 3.55. The molecule has 3 rings (SSSR count). The first kappa shape index (κ1) is 14.1. The van der Waals surface area contributed by atoms with Gasteiger partial charge in [0.2, 0.25) is 0 Å². The van der Waals surface area contributed by atoms with Gasteiger partial charge in [-0.2, -0.15) is 0 Å². The molecule has 4 nitrogen and oxygen atoms in total. The van der Waals surface area contributed by atoms with Gasteiger partial charge in [0, 0.05) is 16.5 Å². The fraction of sp³-hybridized carbons (Fsp3) is 0.111. The molecule has 0 bridgehead atoms. The molecular weight excluding hydrogens is 278 g/mol. The largest absolute Gasteiger partial charge is 0.493 e. The smallest absolute Gasteiger partial charge is 0.161 e. The molecule has 1 heterocycles. The van der Waals surface area contributed by atoms with Crippen molar-refractivity contribution in [2.75, 3.05) is 14.2 Å². The molecule has 2 aromatic carbocycles. The van der Waals surface area contributed by atoms with Crippen LogP contribution in [-0.4, -0.2) is 25.5 Å². The van der Waals surface area contributed by atoms with Gasteiger partial charge in [-0.05, 0) is 30.3 Å². The van der Waals surface area contributed by atoms with Gasteiger partial charge in [-0.15, -0.1) is 0 Å². The van der Waals surface area contributed by atoms with Crippen LogP contribution in [0.5, 0.6) is 11.5 Å². The van der Waals surface area contributed by atoms with Crippen molar-refractivity contribution in [1.82, 2.24) is 4.98 Å². The molecule has 3 aromatic rings. The lowest BCUT2D eigenvalue weighted by molar-refractivity contribution is 0.112. The number of fused-ring (bicyclic) bond motifs is 1. The zero-order valence-electron chi connectivity index (χ0n) is 12.4. The molecule has 0 saturated carbocycles. The maximum atomic E-state index is 11.4. The molecule has 0 fully saturated rings. The van der Waals surface area contributed by atoms with Gasteiger partial charge < -0.3 is 9.47 Å². The lowest BCUT2D eigenvalue weighted by Crippen LogP contribution is -1.94. The van der Waals surface area contributed by atoms with Crippen molar-refractivity contribution in [3.63, 3.8) is 0 Å². The Bertz CT molecular complexity index is 843. The predicted octanol–water partition coefficient (Wildman–Crippen LogP) is 3.73. The van der Waals surface area contributed by atoms with Gasteiger partial charge in [-0.3, -0.25) is 4.79 Å². The van der Waals surface area contributed by atoms with Gasteiger partial charge in [-0.1, -0.05) is 18.2 Å². The minimum Gasteiger partial charge on any atom is -0.493 e. The first-order valence-electron chi connectivity index (χ1n) is 6.84. The molecule has 110 valence electrons. The van der Waals surface area contributed by atoms with Crippen LogP contribution >= 0.6 is 0 Å². The van der Waals surface area contributed by atoms with Crippen molar-refractivity contribution in [3.05, 3.63) is 54.1 Å². The number of carbonyl (C=O) groups is 1. The number of aromatic nitrogens is 1. The number of ether oxygens (including phenoxy) is 2. The monoisotopic (exact) mass is 293 g/mol. The van der Waals surface area contributed by atoms with Gasteiger partial charge in [0.15, 0.2) is 17.8 Å². The van der Waals surface area contributed by atoms with Gasteiger partial charge in [0.05, 0.1) is 25.4 Å². The number of pyridine rings is 1. The van der Waals surface area contributed by atoms with Crippen LogP contribution in [-0.2, 0) is 0 Å². The summed E-state index contributed by atoms with van der Waals surface area (Å²) >= 11 is 0. The van der Waals surface area contributed by atoms with Crippen LogP contribution in [0.2, 0.25) is 0 Å². The molecule has 22 heavy (non-hydrogen) atoms. The van der Waals surface area contributed by atoms with E-state index in [1.54, 1.807) is 20.3 Å². The molecule has 0 amide bonds. The van der Waals surface area contributed by atoms with Gasteiger partial charge in [0.25, 0.3) is 0 Å². The van der Waals surface area contributed by atoms with E-state index in [0.717, 1.165) is 28.4 Å². The third kappa shape index (κ3) is 2.39. The summed E-state index contributed by atoms with van der Waals surface area (Å²) in [5, 5.41) is 0.849. The predicted molar refractivity (Wildman–Crippen MR) is 85.7 cm³/mol. The Labute approximate surface area is 128 Å². The van der Waals surface area contributed by atoms with Crippen LogP contribution in [0.4, 0.5) is 0 Å². The molecule has 4 heteroatoms. The van der Waals surface area contributed by atoms with Crippen LogP contribution in [0, 0.1) is 0 Å². The van der Waals surface area contributed by atoms with Crippen LogP contribution in [0.1, 0.15) is 10.4 Å². The van der Waals surface area contributed by atoms with Crippen molar-refractivity contribution in [3.8, 4) is 22.8 Å². The Hall–Kier alpha value is -2.88. The Balaban J connectivity index is 2.20. The fourth-order valence-corrected chi connectivity index (χ4v) is 2.44. The molecule has 0 spiro atoms. The summed E-state index contributed by atoms with van der Waals surface area (Å²) in [5.74, 6) is 1.28. The van der Waals surface area contributed by atoms with Crippen molar-refractivity contribution in [2.45, 2.75) is 0 Å². The van der Waals surface area contributed by atoms with Gasteiger partial charge in [-0.25, -0.2) is 4.98 Å². The summed E-state index contributed by atoms with van der Waals surface area (Å²) < 4.78 is 10.6. The number of hydrogen-bond donors (Lipinski definition) is 0. The molecular formula is C18H15NO3. The molecule has 0 aliphatic rings. The van der Waals surface area contributed by atoms with Crippen molar-refractivity contribution < 1.29 is 14.3 Å². The normalized spacial score (nSPS) is 10.5. The highest BCUT2D eigenvalue weighted by molar-refractivity contribution is 5.98. The number of para-hydroxylation sites is 1. The zero-order chi connectivity index (χ0) is 15.5. The number of rotatable bonds is 4. The average molecular weight is 293 g/mol. The number of nitrogens with zero attached hydrogens (tertiary/aromatic N) is 1. The lowest BCUT2D eigenvalue weighted by atomic mass is 10.0. The highest BCUT2D eigenvalue weighted by atomic mass is 16.5. The van der Waals surface area contributed by atoms with E-state index in [1.165, 1.54) is 0 Å². The highest BCUT2D eigenvalue weighted by Gasteiger charge is 2.10. The van der Waals surface area contributed by atoms with Crippen molar-refractivity contribution in [2.24, 2.45) is 0 Å². The second-order valence-corrected chi connectivity index (χ2v) is 4.80. The third-order valence-electron chi connectivity index (χ3n) is 3.55. The van der Waals surface area contributed by atoms with E-state index in [0.29, 0.717) is 17.1 Å². The van der Waals surface area contributed by atoms with E-state index < -0.39 is 0 Å². The van der Waals surface area contributed by atoms with Crippen molar-refractivity contribution in [1.29, 1.82) is 0 Å². The number of hydrogen-bond acceptors (Lipinski definition) is 4. The SMILES string of the molecule is COc1ccc(-c2cc(C=O)c3ccccc3n2)cc1OC. The van der Waals surface area contributed by atoms with Crippen molar-refractivity contribution >= 4 is 17.2 Å².